The van der Waals surface area contributed by atoms with E-state index in [0.717, 1.165) is 6.26 Å². The highest BCUT2D eigenvalue weighted by Gasteiger charge is 2.27. The number of hydrogen-bond donors (Lipinski definition) is 0. The molecule has 0 saturated carbocycles. The largest absolute Gasteiger partial charge is 0.444 e. The molecule has 0 aromatic rings. The quantitative estimate of drug-likeness (QED) is 0.716. The molecular weight excluding hydrogens is 296 g/mol. The van der Waals surface area contributed by atoms with E-state index in [2.05, 4.69) is 4.90 Å². The van der Waals surface area contributed by atoms with Crippen LogP contribution < -0.4 is 0 Å². The van der Waals surface area contributed by atoms with E-state index in [1.54, 1.807) is 4.90 Å². The first-order valence-corrected chi connectivity index (χ1v) is 8.86. The minimum absolute atomic E-state index is 0.0134. The zero-order valence-corrected chi connectivity index (χ0v) is 14.3. The van der Waals surface area contributed by atoms with Crippen molar-refractivity contribution in [2.75, 3.05) is 39.0 Å². The molecule has 0 N–H and O–H groups in total. The average molecular weight is 322 g/mol. The molecule has 0 bridgehead atoms. The van der Waals surface area contributed by atoms with Crippen LogP contribution in [0.2, 0.25) is 0 Å². The Balaban J connectivity index is 2.39. The third kappa shape index (κ3) is 7.10. The Morgan fingerprint density at radius 3 is 2.14 bits per heavy atom. The topological polar surface area (TPSA) is 76.2 Å². The van der Waals surface area contributed by atoms with E-state index in [0.29, 0.717) is 26.2 Å². The number of piperazine rings is 1. The lowest BCUT2D eigenvalue weighted by atomic mass is 10.2. The van der Waals surface area contributed by atoms with E-state index < -0.39 is 15.7 Å². The molecule has 0 aromatic heterocycles. The van der Waals surface area contributed by atoms with Gasteiger partial charge in [-0.05, 0) is 27.7 Å². The summed E-state index contributed by atoms with van der Waals surface area (Å²) in [4.78, 5) is 15.7. The standard InChI is InChI=1S/C13H26N2O5S/c1-11(10-19-21(5,17)18)14-6-8-15(9-7-14)12(16)20-13(2,3)4/h11H,6-10H2,1-5H3. The van der Waals surface area contributed by atoms with Crippen LogP contribution in [0.5, 0.6) is 0 Å². The molecule has 1 rings (SSSR count). The Hall–Kier alpha value is -0.860. The second-order valence-corrected chi connectivity index (χ2v) is 7.98. The number of carbonyl (C=O) groups excluding carboxylic acids is 1. The second-order valence-electron chi connectivity index (χ2n) is 6.34. The van der Waals surface area contributed by atoms with Gasteiger partial charge in [-0.15, -0.1) is 0 Å². The van der Waals surface area contributed by atoms with Gasteiger partial charge in [0.1, 0.15) is 5.60 Å². The summed E-state index contributed by atoms with van der Waals surface area (Å²) in [7, 11) is -3.41. The first-order chi connectivity index (χ1) is 9.48. The summed E-state index contributed by atoms with van der Waals surface area (Å²) in [6, 6.07) is -0.0134. The van der Waals surface area contributed by atoms with Crippen LogP contribution in [0.25, 0.3) is 0 Å². The van der Waals surface area contributed by atoms with Crippen LogP contribution in [-0.2, 0) is 19.0 Å². The number of ether oxygens (including phenoxy) is 1. The predicted octanol–water partition coefficient (Wildman–Crippen LogP) is 0.904. The molecule has 1 aliphatic heterocycles. The van der Waals surface area contributed by atoms with Crippen molar-refractivity contribution in [1.82, 2.24) is 9.80 Å². The number of hydrogen-bond acceptors (Lipinski definition) is 6. The molecule has 1 saturated heterocycles. The Bertz CT molecular complexity index is 450. The second kappa shape index (κ2) is 6.93. The van der Waals surface area contributed by atoms with Crippen LogP contribution in [0.1, 0.15) is 27.7 Å². The number of carbonyl (C=O) groups is 1. The summed E-state index contributed by atoms with van der Waals surface area (Å²) >= 11 is 0. The van der Waals surface area contributed by atoms with E-state index in [9.17, 15) is 13.2 Å². The third-order valence-corrected chi connectivity index (χ3v) is 3.68. The van der Waals surface area contributed by atoms with Crippen molar-refractivity contribution in [1.29, 1.82) is 0 Å². The highest BCUT2D eigenvalue weighted by atomic mass is 32.2. The SMILES string of the molecule is CC(COS(C)(=O)=O)N1CCN(C(=O)OC(C)(C)C)CC1. The fraction of sp³-hybridized carbons (Fsp3) is 0.923. The van der Waals surface area contributed by atoms with Gasteiger partial charge in [-0.25, -0.2) is 4.79 Å². The van der Waals surface area contributed by atoms with Crippen LogP contribution in [0.15, 0.2) is 0 Å². The maximum atomic E-state index is 11.9. The number of rotatable bonds is 4. The van der Waals surface area contributed by atoms with Crippen molar-refractivity contribution in [2.24, 2.45) is 0 Å². The molecule has 7 nitrogen and oxygen atoms in total. The molecule has 124 valence electrons. The predicted molar refractivity (Wildman–Crippen MR) is 79.6 cm³/mol. The molecule has 0 aliphatic carbocycles. The van der Waals surface area contributed by atoms with Crippen molar-refractivity contribution in [3.8, 4) is 0 Å². The van der Waals surface area contributed by atoms with E-state index in [-0.39, 0.29) is 18.7 Å². The van der Waals surface area contributed by atoms with Crippen molar-refractivity contribution >= 4 is 16.2 Å². The van der Waals surface area contributed by atoms with E-state index >= 15 is 0 Å². The minimum Gasteiger partial charge on any atom is -0.444 e. The monoisotopic (exact) mass is 322 g/mol. The van der Waals surface area contributed by atoms with Gasteiger partial charge < -0.3 is 9.64 Å². The Labute approximate surface area is 127 Å². The first kappa shape index (κ1) is 18.2. The molecule has 1 amide bonds. The molecule has 0 radical (unpaired) electrons. The molecule has 1 aliphatic rings. The zero-order valence-electron chi connectivity index (χ0n) is 13.5. The van der Waals surface area contributed by atoms with Gasteiger partial charge in [-0.3, -0.25) is 9.08 Å². The van der Waals surface area contributed by atoms with Crippen LogP contribution in [0.4, 0.5) is 4.79 Å². The maximum Gasteiger partial charge on any atom is 0.410 e. The first-order valence-electron chi connectivity index (χ1n) is 7.04. The molecule has 0 spiro atoms. The molecule has 8 heteroatoms. The van der Waals surface area contributed by atoms with E-state index in [4.69, 9.17) is 8.92 Å². The molecule has 1 unspecified atom stereocenters. The van der Waals surface area contributed by atoms with Gasteiger partial charge >= 0.3 is 6.09 Å². The smallest absolute Gasteiger partial charge is 0.410 e. The van der Waals surface area contributed by atoms with Crippen LogP contribution >= 0.6 is 0 Å². The molecule has 1 atom stereocenters. The zero-order chi connectivity index (χ0) is 16.3. The van der Waals surface area contributed by atoms with Gasteiger partial charge in [-0.1, -0.05) is 0 Å². The lowest BCUT2D eigenvalue weighted by Crippen LogP contribution is -2.53. The van der Waals surface area contributed by atoms with Crippen LogP contribution in [0.3, 0.4) is 0 Å². The molecule has 1 fully saturated rings. The van der Waals surface area contributed by atoms with Crippen molar-refractivity contribution in [2.45, 2.75) is 39.3 Å². The van der Waals surface area contributed by atoms with Crippen LogP contribution in [-0.4, -0.2) is 75.0 Å². The number of amides is 1. The van der Waals surface area contributed by atoms with Gasteiger partial charge in [0.15, 0.2) is 0 Å². The van der Waals surface area contributed by atoms with Gasteiger partial charge in [0, 0.05) is 32.2 Å². The molecule has 1 heterocycles. The molecule has 21 heavy (non-hydrogen) atoms. The van der Waals surface area contributed by atoms with Crippen LogP contribution in [0, 0.1) is 0 Å². The minimum atomic E-state index is -3.41. The van der Waals surface area contributed by atoms with Gasteiger partial charge in [-0.2, -0.15) is 8.42 Å². The average Bonchev–Trinajstić information content (AvgIpc) is 2.33. The lowest BCUT2D eigenvalue weighted by molar-refractivity contribution is 0.00906. The van der Waals surface area contributed by atoms with E-state index in [1.807, 2.05) is 27.7 Å². The fourth-order valence-corrected chi connectivity index (χ4v) is 2.44. The normalized spacial score (nSPS) is 19.4. The van der Waals surface area contributed by atoms with E-state index in [1.165, 1.54) is 0 Å². The maximum absolute atomic E-state index is 11.9. The Kier molecular flexibility index (Phi) is 6.01. The van der Waals surface area contributed by atoms with Crippen molar-refractivity contribution in [3.05, 3.63) is 0 Å². The Morgan fingerprint density at radius 2 is 1.71 bits per heavy atom. The summed E-state index contributed by atoms with van der Waals surface area (Å²) in [5, 5.41) is 0. The van der Waals surface area contributed by atoms with Gasteiger partial charge in [0.2, 0.25) is 0 Å². The van der Waals surface area contributed by atoms with Gasteiger partial charge in [0.25, 0.3) is 10.1 Å². The summed E-state index contributed by atoms with van der Waals surface area (Å²) < 4.78 is 32.1. The molecule has 0 aromatic carbocycles. The Morgan fingerprint density at radius 1 is 1.19 bits per heavy atom. The summed E-state index contributed by atoms with van der Waals surface area (Å²) in [5.41, 5.74) is -0.495. The summed E-state index contributed by atoms with van der Waals surface area (Å²) in [6.07, 6.45) is 0.738. The third-order valence-electron chi connectivity index (χ3n) is 3.11. The highest BCUT2D eigenvalue weighted by molar-refractivity contribution is 7.85. The van der Waals surface area contributed by atoms with Gasteiger partial charge in [0.05, 0.1) is 12.9 Å². The summed E-state index contributed by atoms with van der Waals surface area (Å²) in [6.45, 7) is 10.0. The highest BCUT2D eigenvalue weighted by Crippen LogP contribution is 2.13. The fourth-order valence-electron chi connectivity index (χ4n) is 2.00. The van der Waals surface area contributed by atoms with Crippen molar-refractivity contribution < 1.29 is 22.1 Å². The molecular formula is C13H26N2O5S. The summed E-state index contributed by atoms with van der Waals surface area (Å²) in [5.74, 6) is 0. The van der Waals surface area contributed by atoms with Crippen molar-refractivity contribution in [3.63, 3.8) is 0 Å². The lowest BCUT2D eigenvalue weighted by Gasteiger charge is -2.38. The number of nitrogens with zero attached hydrogens (tertiary/aromatic N) is 2.